The molecule has 1 aliphatic rings. The number of ether oxygens (including phenoxy) is 1. The van der Waals surface area contributed by atoms with E-state index in [2.05, 4.69) is 5.32 Å². The minimum absolute atomic E-state index is 0.107. The number of carbonyl (C=O) groups excluding carboxylic acids is 1. The zero-order valence-electron chi connectivity index (χ0n) is 20.2. The largest absolute Gasteiger partial charge is 0.495 e. The van der Waals surface area contributed by atoms with Gasteiger partial charge in [0, 0.05) is 30.1 Å². The highest BCUT2D eigenvalue weighted by Crippen LogP contribution is 2.33. The van der Waals surface area contributed by atoms with Crippen LogP contribution in [0.15, 0.2) is 75.9 Å². The van der Waals surface area contributed by atoms with Gasteiger partial charge in [-0.2, -0.15) is 0 Å². The Morgan fingerprint density at radius 2 is 1.81 bits per heavy atom. The van der Waals surface area contributed by atoms with Crippen LogP contribution >= 0.6 is 0 Å². The average Bonchev–Trinajstić information content (AvgIpc) is 2.92. The molecular weight excluding hydrogens is 474 g/mol. The molecule has 0 radical (unpaired) electrons. The molecule has 0 bridgehead atoms. The molecule has 1 N–H and O–H groups in total. The second-order valence-corrected chi connectivity index (χ2v) is 8.86. The maximum atomic E-state index is 13.2. The Hall–Kier alpha value is -4.66. The Balaban J connectivity index is 1.47. The number of piperidine rings is 1. The highest BCUT2D eigenvalue weighted by Gasteiger charge is 2.23. The smallest absolute Gasteiger partial charge is 0.344 e. The van der Waals surface area contributed by atoms with Crippen LogP contribution in [0.25, 0.3) is 22.1 Å². The minimum atomic E-state index is -0.533. The van der Waals surface area contributed by atoms with Gasteiger partial charge in [0.15, 0.2) is 0 Å². The Bertz CT molecular complexity index is 1560. The molecule has 1 aliphatic heterocycles. The van der Waals surface area contributed by atoms with Crippen LogP contribution in [0.1, 0.15) is 29.6 Å². The molecular formula is C28H25N3O6. The first-order valence-electron chi connectivity index (χ1n) is 12.0. The van der Waals surface area contributed by atoms with Crippen molar-refractivity contribution >= 4 is 33.9 Å². The predicted octanol–water partition coefficient (Wildman–Crippen LogP) is 5.62. The molecule has 5 rings (SSSR count). The molecule has 1 aromatic heterocycles. The van der Waals surface area contributed by atoms with E-state index in [0.29, 0.717) is 33.8 Å². The highest BCUT2D eigenvalue weighted by atomic mass is 16.6. The summed E-state index contributed by atoms with van der Waals surface area (Å²) in [4.78, 5) is 39.2. The van der Waals surface area contributed by atoms with Crippen molar-refractivity contribution in [2.75, 3.05) is 30.4 Å². The molecule has 1 fully saturated rings. The van der Waals surface area contributed by atoms with Gasteiger partial charge < -0.3 is 19.4 Å². The summed E-state index contributed by atoms with van der Waals surface area (Å²) in [5, 5.41) is 15.4. The summed E-state index contributed by atoms with van der Waals surface area (Å²) in [6.45, 7) is 1.50. The topological polar surface area (TPSA) is 115 Å². The van der Waals surface area contributed by atoms with Crippen molar-refractivity contribution in [3.05, 3.63) is 92.8 Å². The second kappa shape index (κ2) is 10.1. The summed E-state index contributed by atoms with van der Waals surface area (Å²) in [6, 6.07) is 18.4. The van der Waals surface area contributed by atoms with E-state index < -0.39 is 16.5 Å². The van der Waals surface area contributed by atoms with Crippen molar-refractivity contribution in [1.82, 2.24) is 0 Å². The highest BCUT2D eigenvalue weighted by molar-refractivity contribution is 6.06. The van der Waals surface area contributed by atoms with E-state index in [0.717, 1.165) is 37.7 Å². The molecule has 0 saturated carbocycles. The van der Waals surface area contributed by atoms with Crippen LogP contribution in [-0.2, 0) is 0 Å². The Morgan fingerprint density at radius 3 is 2.57 bits per heavy atom. The standard InChI is InChI=1S/C28H25N3O6/c1-36-26-12-10-18(21-15-19-7-3-4-8-25(19)37-28(21)33)16-22(26)29-27(32)20-9-11-23(24(17-20)31(34)35)30-13-5-2-6-14-30/h3-4,7-12,15-17H,2,5-6,13-14H2,1H3,(H,29,32). The average molecular weight is 500 g/mol. The first-order valence-corrected chi connectivity index (χ1v) is 12.0. The number of amides is 1. The van der Waals surface area contributed by atoms with Gasteiger partial charge in [-0.1, -0.05) is 24.3 Å². The summed E-state index contributed by atoms with van der Waals surface area (Å²) < 4.78 is 10.9. The summed E-state index contributed by atoms with van der Waals surface area (Å²) in [5.41, 5.74) is 1.71. The monoisotopic (exact) mass is 499 g/mol. The van der Waals surface area contributed by atoms with E-state index in [1.54, 1.807) is 48.5 Å². The van der Waals surface area contributed by atoms with Gasteiger partial charge in [0.2, 0.25) is 0 Å². The number of hydrogen-bond donors (Lipinski definition) is 1. The number of methoxy groups -OCH3 is 1. The molecule has 4 aromatic rings. The molecule has 0 atom stereocenters. The van der Waals surface area contributed by atoms with Crippen LogP contribution in [0.5, 0.6) is 5.75 Å². The summed E-state index contributed by atoms with van der Waals surface area (Å²) in [6.07, 6.45) is 3.06. The van der Waals surface area contributed by atoms with E-state index in [9.17, 15) is 19.7 Å². The van der Waals surface area contributed by atoms with Gasteiger partial charge >= 0.3 is 5.63 Å². The van der Waals surface area contributed by atoms with Crippen molar-refractivity contribution in [3.63, 3.8) is 0 Å². The number of hydrogen-bond acceptors (Lipinski definition) is 7. The number of nitrogens with one attached hydrogen (secondary N) is 1. The number of fused-ring (bicyclic) bond motifs is 1. The normalized spacial score (nSPS) is 13.4. The lowest BCUT2D eigenvalue weighted by molar-refractivity contribution is -0.384. The Kier molecular flexibility index (Phi) is 6.59. The molecule has 9 nitrogen and oxygen atoms in total. The van der Waals surface area contributed by atoms with Gasteiger partial charge in [0.25, 0.3) is 11.6 Å². The first-order chi connectivity index (χ1) is 17.9. The third-order valence-corrected chi connectivity index (χ3v) is 6.53. The summed E-state index contributed by atoms with van der Waals surface area (Å²) in [7, 11) is 1.47. The number of para-hydroxylation sites is 1. The van der Waals surface area contributed by atoms with E-state index in [1.165, 1.54) is 13.2 Å². The predicted molar refractivity (Wildman–Crippen MR) is 142 cm³/mol. The zero-order valence-corrected chi connectivity index (χ0v) is 20.2. The lowest BCUT2D eigenvalue weighted by Gasteiger charge is -2.28. The maximum absolute atomic E-state index is 13.2. The number of rotatable bonds is 6. The third-order valence-electron chi connectivity index (χ3n) is 6.53. The zero-order chi connectivity index (χ0) is 25.9. The molecule has 1 saturated heterocycles. The molecule has 188 valence electrons. The maximum Gasteiger partial charge on any atom is 0.344 e. The molecule has 0 unspecified atom stereocenters. The number of carbonyl (C=O) groups is 1. The number of nitro groups is 1. The number of benzene rings is 3. The first kappa shape index (κ1) is 24.1. The van der Waals surface area contributed by atoms with Crippen molar-refractivity contribution in [1.29, 1.82) is 0 Å². The van der Waals surface area contributed by atoms with Crippen molar-refractivity contribution < 1.29 is 18.9 Å². The second-order valence-electron chi connectivity index (χ2n) is 8.86. The van der Waals surface area contributed by atoms with Crippen LogP contribution in [0.2, 0.25) is 0 Å². The van der Waals surface area contributed by atoms with Gasteiger partial charge in [-0.25, -0.2) is 4.79 Å². The number of anilines is 2. The molecule has 3 aromatic carbocycles. The van der Waals surface area contributed by atoms with Crippen molar-refractivity contribution in [3.8, 4) is 16.9 Å². The van der Waals surface area contributed by atoms with Crippen LogP contribution in [-0.4, -0.2) is 31.0 Å². The lowest BCUT2D eigenvalue weighted by Crippen LogP contribution is -2.30. The fourth-order valence-corrected chi connectivity index (χ4v) is 4.64. The van der Waals surface area contributed by atoms with Crippen molar-refractivity contribution in [2.45, 2.75) is 19.3 Å². The molecule has 9 heteroatoms. The van der Waals surface area contributed by atoms with Crippen LogP contribution in [0.4, 0.5) is 17.1 Å². The van der Waals surface area contributed by atoms with Crippen LogP contribution in [0, 0.1) is 10.1 Å². The van der Waals surface area contributed by atoms with Crippen LogP contribution in [0.3, 0.4) is 0 Å². The van der Waals surface area contributed by atoms with Gasteiger partial charge in [-0.15, -0.1) is 0 Å². The van der Waals surface area contributed by atoms with E-state index in [-0.39, 0.29) is 11.3 Å². The number of nitro benzene ring substituents is 1. The quantitative estimate of drug-likeness (QED) is 0.208. The molecule has 37 heavy (non-hydrogen) atoms. The summed E-state index contributed by atoms with van der Waals surface area (Å²) in [5.74, 6) is -0.156. The van der Waals surface area contributed by atoms with Gasteiger partial charge in [-0.05, 0) is 61.2 Å². The lowest BCUT2D eigenvalue weighted by atomic mass is 10.0. The van der Waals surface area contributed by atoms with Crippen LogP contribution < -0.4 is 20.6 Å². The number of nitrogens with zero attached hydrogens (tertiary/aromatic N) is 2. The van der Waals surface area contributed by atoms with E-state index >= 15 is 0 Å². The Morgan fingerprint density at radius 1 is 1.03 bits per heavy atom. The summed E-state index contributed by atoms with van der Waals surface area (Å²) >= 11 is 0. The van der Waals surface area contributed by atoms with E-state index in [4.69, 9.17) is 9.15 Å². The van der Waals surface area contributed by atoms with Gasteiger partial charge in [-0.3, -0.25) is 14.9 Å². The van der Waals surface area contributed by atoms with E-state index in [1.807, 2.05) is 17.0 Å². The fourth-order valence-electron chi connectivity index (χ4n) is 4.64. The van der Waals surface area contributed by atoms with Gasteiger partial charge in [0.1, 0.15) is 17.0 Å². The molecule has 0 spiro atoms. The van der Waals surface area contributed by atoms with Crippen molar-refractivity contribution in [2.24, 2.45) is 0 Å². The fraction of sp³-hybridized carbons (Fsp3) is 0.214. The Labute approximate surface area is 212 Å². The molecule has 2 heterocycles. The SMILES string of the molecule is COc1ccc(-c2cc3ccccc3oc2=O)cc1NC(=O)c1ccc(N2CCCCC2)c([N+](=O)[O-])c1. The molecule has 1 amide bonds. The third kappa shape index (κ3) is 4.88. The van der Waals surface area contributed by atoms with Gasteiger partial charge in [0.05, 0.1) is 23.3 Å². The minimum Gasteiger partial charge on any atom is -0.495 e. The molecule has 0 aliphatic carbocycles.